The predicted octanol–water partition coefficient (Wildman–Crippen LogP) is 6.56. The molecule has 2 unspecified atom stereocenters. The van der Waals surface area contributed by atoms with Gasteiger partial charge in [0.25, 0.3) is 10.1 Å². The van der Waals surface area contributed by atoms with Crippen LogP contribution in [0.5, 0.6) is 0 Å². The van der Waals surface area contributed by atoms with E-state index in [9.17, 15) is 22.9 Å². The molecule has 0 aliphatic carbocycles. The molecule has 0 aliphatic rings. The summed E-state index contributed by atoms with van der Waals surface area (Å²) in [6, 6.07) is -0.958. The topological polar surface area (TPSA) is 104 Å². The minimum atomic E-state index is -4.28. The van der Waals surface area contributed by atoms with Crippen LogP contribution in [0.1, 0.15) is 142 Å². The van der Waals surface area contributed by atoms with E-state index < -0.39 is 28.0 Å². The Kier molecular flexibility index (Phi) is 21.4. The molecule has 0 heterocycles. The standard InChI is InChI=1S/C26H53NO5S/c1-3-5-7-9-11-13-14-16-18-20-22-26(29)27-24(23-33(30,31)32)25(28)21-19-17-15-12-10-8-6-4-2/h24-25,28H,3-23H2,1-2H3,(H,27,29)(H,30,31,32). The monoisotopic (exact) mass is 491 g/mol. The predicted molar refractivity (Wildman–Crippen MR) is 138 cm³/mol. The van der Waals surface area contributed by atoms with Crippen molar-refractivity contribution in [2.45, 2.75) is 154 Å². The number of aliphatic hydroxyl groups excluding tert-OH is 1. The first-order chi connectivity index (χ1) is 15.8. The Morgan fingerprint density at radius 2 is 1.09 bits per heavy atom. The number of hydrogen-bond acceptors (Lipinski definition) is 4. The third kappa shape index (κ3) is 22.9. The molecule has 0 saturated carbocycles. The summed E-state index contributed by atoms with van der Waals surface area (Å²) < 4.78 is 32.0. The molecule has 7 heteroatoms. The lowest BCUT2D eigenvalue weighted by atomic mass is 10.0. The molecule has 33 heavy (non-hydrogen) atoms. The lowest BCUT2D eigenvalue weighted by Gasteiger charge is -2.23. The first kappa shape index (κ1) is 32.3. The van der Waals surface area contributed by atoms with Gasteiger partial charge in [-0.1, -0.05) is 123 Å². The maximum absolute atomic E-state index is 12.3. The number of carbonyl (C=O) groups excluding carboxylic acids is 1. The molecule has 0 fully saturated rings. The van der Waals surface area contributed by atoms with Crippen LogP contribution in [0.15, 0.2) is 0 Å². The van der Waals surface area contributed by atoms with Crippen molar-refractivity contribution in [1.29, 1.82) is 0 Å². The zero-order valence-electron chi connectivity index (χ0n) is 21.5. The van der Waals surface area contributed by atoms with Gasteiger partial charge in [-0.2, -0.15) is 8.42 Å². The molecule has 1 amide bonds. The summed E-state index contributed by atoms with van der Waals surface area (Å²) in [5, 5.41) is 13.1. The first-order valence-corrected chi connectivity index (χ1v) is 15.3. The Balaban J connectivity index is 4.07. The average Bonchev–Trinajstić information content (AvgIpc) is 2.75. The van der Waals surface area contributed by atoms with E-state index in [-0.39, 0.29) is 5.91 Å². The van der Waals surface area contributed by atoms with Gasteiger partial charge < -0.3 is 10.4 Å². The van der Waals surface area contributed by atoms with Crippen LogP contribution >= 0.6 is 0 Å². The highest BCUT2D eigenvalue weighted by molar-refractivity contribution is 7.85. The number of amides is 1. The molecule has 2 atom stereocenters. The Bertz CT molecular complexity index is 553. The second-order valence-corrected chi connectivity index (χ2v) is 11.2. The summed E-state index contributed by atoms with van der Waals surface area (Å²) in [6.07, 6.45) is 20.6. The molecule has 0 bridgehead atoms. The lowest BCUT2D eigenvalue weighted by Crippen LogP contribution is -2.47. The summed E-state index contributed by atoms with van der Waals surface area (Å²) in [5.74, 6) is -0.896. The van der Waals surface area contributed by atoms with Crippen molar-refractivity contribution in [2.75, 3.05) is 5.75 Å². The highest BCUT2D eigenvalue weighted by atomic mass is 32.2. The summed E-state index contributed by atoms with van der Waals surface area (Å²) in [4.78, 5) is 12.3. The third-order valence-electron chi connectivity index (χ3n) is 6.31. The van der Waals surface area contributed by atoms with Gasteiger partial charge in [0.05, 0.1) is 17.9 Å². The van der Waals surface area contributed by atoms with Crippen LogP contribution in [-0.2, 0) is 14.9 Å². The molecule has 0 rings (SSSR count). The van der Waals surface area contributed by atoms with Crippen LogP contribution in [0.3, 0.4) is 0 Å². The molecule has 0 saturated heterocycles. The van der Waals surface area contributed by atoms with Gasteiger partial charge in [0.15, 0.2) is 0 Å². The Labute approximate surface area is 204 Å². The van der Waals surface area contributed by atoms with Crippen molar-refractivity contribution in [3.8, 4) is 0 Å². The second kappa shape index (κ2) is 21.8. The summed E-state index contributed by atoms with van der Waals surface area (Å²) in [6.45, 7) is 4.42. The second-order valence-electron chi connectivity index (χ2n) is 9.69. The maximum Gasteiger partial charge on any atom is 0.266 e. The van der Waals surface area contributed by atoms with Crippen molar-refractivity contribution in [3.05, 3.63) is 0 Å². The molecule has 0 aliphatic heterocycles. The molecule has 198 valence electrons. The first-order valence-electron chi connectivity index (χ1n) is 13.7. The van der Waals surface area contributed by atoms with Gasteiger partial charge in [-0.05, 0) is 12.8 Å². The van der Waals surface area contributed by atoms with Crippen molar-refractivity contribution in [2.24, 2.45) is 0 Å². The van der Waals surface area contributed by atoms with Crippen molar-refractivity contribution < 1.29 is 22.9 Å². The zero-order valence-corrected chi connectivity index (χ0v) is 22.3. The van der Waals surface area contributed by atoms with E-state index in [1.165, 1.54) is 77.0 Å². The van der Waals surface area contributed by atoms with Gasteiger partial charge in [0.1, 0.15) is 0 Å². The van der Waals surface area contributed by atoms with E-state index >= 15 is 0 Å². The van der Waals surface area contributed by atoms with Crippen LogP contribution in [0, 0.1) is 0 Å². The summed E-state index contributed by atoms with van der Waals surface area (Å²) in [5.41, 5.74) is 0. The molecular weight excluding hydrogens is 438 g/mol. The maximum atomic E-state index is 12.3. The minimum absolute atomic E-state index is 0.252. The third-order valence-corrected chi connectivity index (χ3v) is 7.09. The van der Waals surface area contributed by atoms with Crippen LogP contribution in [-0.4, -0.2) is 41.9 Å². The SMILES string of the molecule is CCCCCCCCCCCCC(=O)NC(CS(=O)(=O)O)C(O)CCCCCCCCCC. The largest absolute Gasteiger partial charge is 0.391 e. The molecule has 0 aromatic rings. The number of hydrogen-bond donors (Lipinski definition) is 3. The van der Waals surface area contributed by atoms with Crippen LogP contribution in [0.2, 0.25) is 0 Å². The van der Waals surface area contributed by atoms with Gasteiger partial charge >= 0.3 is 0 Å². The van der Waals surface area contributed by atoms with E-state index in [0.29, 0.717) is 12.8 Å². The van der Waals surface area contributed by atoms with E-state index in [2.05, 4.69) is 19.2 Å². The van der Waals surface area contributed by atoms with Crippen LogP contribution in [0.4, 0.5) is 0 Å². The highest BCUT2D eigenvalue weighted by Crippen LogP contribution is 2.14. The van der Waals surface area contributed by atoms with Crippen molar-refractivity contribution in [3.63, 3.8) is 0 Å². The molecule has 0 aromatic carbocycles. The van der Waals surface area contributed by atoms with Gasteiger partial charge in [-0.25, -0.2) is 0 Å². The summed E-state index contributed by atoms with van der Waals surface area (Å²) >= 11 is 0. The number of rotatable bonds is 24. The van der Waals surface area contributed by atoms with Gasteiger partial charge in [0.2, 0.25) is 5.91 Å². The highest BCUT2D eigenvalue weighted by Gasteiger charge is 2.25. The zero-order chi connectivity index (χ0) is 24.8. The molecular formula is C26H53NO5S. The quantitative estimate of drug-likeness (QED) is 0.105. The van der Waals surface area contributed by atoms with E-state index in [4.69, 9.17) is 0 Å². The number of unbranched alkanes of at least 4 members (excludes halogenated alkanes) is 16. The lowest BCUT2D eigenvalue weighted by molar-refractivity contribution is -0.122. The average molecular weight is 492 g/mol. The fraction of sp³-hybridized carbons (Fsp3) is 0.962. The van der Waals surface area contributed by atoms with Crippen LogP contribution in [0.25, 0.3) is 0 Å². The van der Waals surface area contributed by atoms with Crippen LogP contribution < -0.4 is 5.32 Å². The molecule has 3 N–H and O–H groups in total. The fourth-order valence-corrected chi connectivity index (χ4v) is 4.98. The Morgan fingerprint density at radius 3 is 1.52 bits per heavy atom. The van der Waals surface area contributed by atoms with Crippen molar-refractivity contribution in [1.82, 2.24) is 5.32 Å². The van der Waals surface area contributed by atoms with Gasteiger partial charge in [0, 0.05) is 6.42 Å². The number of nitrogens with one attached hydrogen (secondary N) is 1. The van der Waals surface area contributed by atoms with Crippen molar-refractivity contribution >= 4 is 16.0 Å². The Morgan fingerprint density at radius 1 is 0.697 bits per heavy atom. The molecule has 0 aromatic heterocycles. The molecule has 0 spiro atoms. The van der Waals surface area contributed by atoms with Gasteiger partial charge in [-0.3, -0.25) is 9.35 Å². The normalized spacial score (nSPS) is 13.7. The Hall–Kier alpha value is -0.660. The smallest absolute Gasteiger partial charge is 0.266 e. The fourth-order valence-electron chi connectivity index (χ4n) is 4.22. The van der Waals surface area contributed by atoms with Gasteiger partial charge in [-0.15, -0.1) is 0 Å². The van der Waals surface area contributed by atoms with E-state index in [1.807, 2.05) is 0 Å². The number of carbonyl (C=O) groups is 1. The molecule has 0 radical (unpaired) electrons. The van der Waals surface area contributed by atoms with E-state index in [0.717, 1.165) is 38.5 Å². The summed E-state index contributed by atoms with van der Waals surface area (Å²) in [7, 11) is -4.28. The number of aliphatic hydroxyl groups is 1. The van der Waals surface area contributed by atoms with E-state index in [1.54, 1.807) is 0 Å². The molecule has 6 nitrogen and oxygen atoms in total. The minimum Gasteiger partial charge on any atom is -0.391 e.